The molecule has 1 saturated heterocycles. The molecule has 1 aliphatic heterocycles. The molecule has 1 aromatic rings. The number of carbonyl (C=O) groups is 2. The summed E-state index contributed by atoms with van der Waals surface area (Å²) >= 11 is 3.33. The molecule has 1 aromatic carbocycles. The summed E-state index contributed by atoms with van der Waals surface area (Å²) in [5.74, 6) is -1.34. The highest BCUT2D eigenvalue weighted by atomic mass is 79.9. The van der Waals surface area contributed by atoms with E-state index >= 15 is 0 Å². The van der Waals surface area contributed by atoms with E-state index < -0.39 is 16.0 Å². The van der Waals surface area contributed by atoms with Gasteiger partial charge in [-0.25, -0.2) is 18.4 Å². The molecule has 0 aromatic heterocycles. The van der Waals surface area contributed by atoms with Crippen LogP contribution < -0.4 is 10.0 Å². The summed E-state index contributed by atoms with van der Waals surface area (Å²) in [6, 6.07) is 4.75. The minimum Gasteiger partial charge on any atom is -0.465 e. The second-order valence-corrected chi connectivity index (χ2v) is 7.58. The molecule has 0 spiro atoms. The lowest BCUT2D eigenvalue weighted by Crippen LogP contribution is -2.28. The Balaban J connectivity index is 2.28. The number of ether oxygens (including phenoxy) is 1. The van der Waals surface area contributed by atoms with Crippen molar-refractivity contribution in [2.75, 3.05) is 24.3 Å². The minimum absolute atomic E-state index is 0.103. The molecule has 1 fully saturated rings. The van der Waals surface area contributed by atoms with Gasteiger partial charge in [0.05, 0.1) is 24.1 Å². The van der Waals surface area contributed by atoms with Crippen molar-refractivity contribution in [2.24, 2.45) is 11.1 Å². The number of hydrogen-bond acceptors (Lipinski definition) is 5. The summed E-state index contributed by atoms with van der Waals surface area (Å²) in [7, 11) is -2.37. The number of sulfonamides is 1. The van der Waals surface area contributed by atoms with Gasteiger partial charge >= 0.3 is 5.97 Å². The summed E-state index contributed by atoms with van der Waals surface area (Å²) in [4.78, 5) is 25.2. The van der Waals surface area contributed by atoms with Gasteiger partial charge in [-0.2, -0.15) is 0 Å². The zero-order chi connectivity index (χ0) is 16.5. The van der Waals surface area contributed by atoms with Crippen LogP contribution in [0, 0.1) is 5.92 Å². The SMILES string of the molecule is COC(=O)c1ccc(Br)c(N2CC(CS(N)(=O)=O)CC2=O)c1. The standard InChI is InChI=1S/C13H15BrN2O5S/c1-21-13(18)9-2-3-10(14)11(5-9)16-6-8(4-12(16)17)7-22(15,19)20/h2-3,5,8H,4,6-7H2,1H3,(H2,15,19,20). The second-order valence-electron chi connectivity index (χ2n) is 5.06. The Labute approximate surface area is 136 Å². The lowest BCUT2D eigenvalue weighted by Gasteiger charge is -2.19. The van der Waals surface area contributed by atoms with Crippen LogP contribution in [0.15, 0.2) is 22.7 Å². The Morgan fingerprint density at radius 1 is 1.50 bits per heavy atom. The van der Waals surface area contributed by atoms with Gasteiger partial charge < -0.3 is 9.64 Å². The maximum absolute atomic E-state index is 12.1. The molecule has 0 bridgehead atoms. The summed E-state index contributed by atoms with van der Waals surface area (Å²) in [5.41, 5.74) is 0.813. The average Bonchev–Trinajstić information content (AvgIpc) is 2.76. The van der Waals surface area contributed by atoms with Crippen molar-refractivity contribution in [3.05, 3.63) is 28.2 Å². The molecule has 0 radical (unpaired) electrons. The third-order valence-corrected chi connectivity index (χ3v) is 4.94. The normalized spacial score (nSPS) is 18.6. The quantitative estimate of drug-likeness (QED) is 0.767. The largest absolute Gasteiger partial charge is 0.465 e. The van der Waals surface area contributed by atoms with Crippen LogP contribution in [-0.4, -0.2) is 39.7 Å². The molecule has 1 atom stereocenters. The lowest BCUT2D eigenvalue weighted by molar-refractivity contribution is -0.117. The van der Waals surface area contributed by atoms with E-state index in [1.54, 1.807) is 12.1 Å². The van der Waals surface area contributed by atoms with E-state index in [0.29, 0.717) is 15.7 Å². The molecule has 9 heteroatoms. The summed E-state index contributed by atoms with van der Waals surface area (Å²) in [6.07, 6.45) is 0.103. The van der Waals surface area contributed by atoms with Gasteiger partial charge in [-0.1, -0.05) is 0 Å². The van der Waals surface area contributed by atoms with Crippen molar-refractivity contribution in [1.29, 1.82) is 0 Å². The van der Waals surface area contributed by atoms with Gasteiger partial charge in [0, 0.05) is 23.4 Å². The molecule has 7 nitrogen and oxygen atoms in total. The second kappa shape index (κ2) is 6.35. The first-order chi connectivity index (χ1) is 10.2. The maximum Gasteiger partial charge on any atom is 0.337 e. The van der Waals surface area contributed by atoms with Crippen LogP contribution in [0.3, 0.4) is 0 Å². The first-order valence-corrected chi connectivity index (χ1v) is 8.91. The molecule has 22 heavy (non-hydrogen) atoms. The fraction of sp³-hybridized carbons (Fsp3) is 0.385. The van der Waals surface area contributed by atoms with Gasteiger partial charge in [0.25, 0.3) is 0 Å². The van der Waals surface area contributed by atoms with Crippen molar-refractivity contribution >= 4 is 43.5 Å². The Bertz CT molecular complexity index is 719. The fourth-order valence-corrected chi connectivity index (χ4v) is 3.76. The predicted molar refractivity (Wildman–Crippen MR) is 83.9 cm³/mol. The van der Waals surface area contributed by atoms with Gasteiger partial charge in [-0.15, -0.1) is 0 Å². The fourth-order valence-electron chi connectivity index (χ4n) is 2.42. The van der Waals surface area contributed by atoms with Crippen molar-refractivity contribution in [1.82, 2.24) is 0 Å². The number of esters is 1. The van der Waals surface area contributed by atoms with Crippen LogP contribution >= 0.6 is 15.9 Å². The van der Waals surface area contributed by atoms with E-state index in [1.165, 1.54) is 18.1 Å². The van der Waals surface area contributed by atoms with Crippen LogP contribution in [0.4, 0.5) is 5.69 Å². The van der Waals surface area contributed by atoms with E-state index in [0.717, 1.165) is 0 Å². The molecule has 120 valence electrons. The Morgan fingerprint density at radius 2 is 2.18 bits per heavy atom. The third kappa shape index (κ3) is 3.84. The molecule has 2 rings (SSSR count). The van der Waals surface area contributed by atoms with Crippen LogP contribution in [0.2, 0.25) is 0 Å². The van der Waals surface area contributed by atoms with E-state index in [9.17, 15) is 18.0 Å². The maximum atomic E-state index is 12.1. The number of rotatable bonds is 4. The molecular weight excluding hydrogens is 376 g/mol. The van der Waals surface area contributed by atoms with E-state index in [2.05, 4.69) is 20.7 Å². The third-order valence-electron chi connectivity index (χ3n) is 3.33. The molecule has 0 aliphatic carbocycles. The first-order valence-electron chi connectivity index (χ1n) is 6.40. The van der Waals surface area contributed by atoms with Crippen molar-refractivity contribution in [3.63, 3.8) is 0 Å². The van der Waals surface area contributed by atoms with Crippen molar-refractivity contribution in [3.8, 4) is 0 Å². The molecule has 1 aliphatic rings. The first kappa shape index (κ1) is 16.9. The summed E-state index contributed by atoms with van der Waals surface area (Å²) in [5, 5.41) is 5.03. The lowest BCUT2D eigenvalue weighted by atomic mass is 10.1. The monoisotopic (exact) mass is 390 g/mol. The number of nitrogens with zero attached hydrogens (tertiary/aromatic N) is 1. The minimum atomic E-state index is -3.64. The predicted octanol–water partition coefficient (Wildman–Crippen LogP) is 0.877. The topological polar surface area (TPSA) is 107 Å². The molecular formula is C13H15BrN2O5S. The van der Waals surface area contributed by atoms with Crippen LogP contribution in [0.5, 0.6) is 0 Å². The van der Waals surface area contributed by atoms with Crippen molar-refractivity contribution < 1.29 is 22.7 Å². The number of halogens is 1. The molecule has 1 unspecified atom stereocenters. The molecule has 1 amide bonds. The number of primary sulfonamides is 1. The number of methoxy groups -OCH3 is 1. The number of anilines is 1. The number of nitrogens with two attached hydrogens (primary N) is 1. The number of benzene rings is 1. The van der Waals surface area contributed by atoms with E-state index in [-0.39, 0.29) is 30.5 Å². The highest BCUT2D eigenvalue weighted by Gasteiger charge is 2.33. The Hall–Kier alpha value is -1.45. The van der Waals surface area contributed by atoms with Gasteiger partial charge in [0.2, 0.25) is 15.9 Å². The van der Waals surface area contributed by atoms with Crippen molar-refractivity contribution in [2.45, 2.75) is 6.42 Å². The highest BCUT2D eigenvalue weighted by molar-refractivity contribution is 9.10. The molecule has 0 saturated carbocycles. The van der Waals surface area contributed by atoms with E-state index in [4.69, 9.17) is 5.14 Å². The van der Waals surface area contributed by atoms with Gasteiger partial charge in [-0.3, -0.25) is 4.79 Å². The Kier molecular flexibility index (Phi) is 4.88. The zero-order valence-electron chi connectivity index (χ0n) is 11.8. The van der Waals surface area contributed by atoms with Crippen LogP contribution in [0.25, 0.3) is 0 Å². The summed E-state index contributed by atoms with van der Waals surface area (Å²) < 4.78 is 27.6. The molecule has 2 N–H and O–H groups in total. The Morgan fingerprint density at radius 3 is 2.77 bits per heavy atom. The average molecular weight is 391 g/mol. The van der Waals surface area contributed by atoms with Gasteiger partial charge in [-0.05, 0) is 34.1 Å². The van der Waals surface area contributed by atoms with Gasteiger partial charge in [0.15, 0.2) is 0 Å². The smallest absolute Gasteiger partial charge is 0.337 e. The highest BCUT2D eigenvalue weighted by Crippen LogP contribution is 2.32. The van der Waals surface area contributed by atoms with Crippen LogP contribution in [-0.2, 0) is 19.6 Å². The zero-order valence-corrected chi connectivity index (χ0v) is 14.2. The summed E-state index contributed by atoms with van der Waals surface area (Å²) in [6.45, 7) is 0.235. The molecule has 1 heterocycles. The van der Waals surface area contributed by atoms with Gasteiger partial charge in [0.1, 0.15) is 0 Å². The number of hydrogen-bond donors (Lipinski definition) is 1. The number of carbonyl (C=O) groups excluding carboxylic acids is 2. The number of amides is 1. The van der Waals surface area contributed by atoms with Crippen LogP contribution in [0.1, 0.15) is 16.8 Å². The van der Waals surface area contributed by atoms with E-state index in [1.807, 2.05) is 0 Å².